The molecule has 0 spiro atoms. The molecule has 7 nitrogen and oxygen atoms in total. The minimum Gasteiger partial charge on any atom is -0.382 e. The molecule has 0 atom stereocenters. The summed E-state index contributed by atoms with van der Waals surface area (Å²) in [6.45, 7) is 0.995. The molecule has 2 aromatic heterocycles. The third-order valence-corrected chi connectivity index (χ3v) is 7.25. The second-order valence-corrected chi connectivity index (χ2v) is 9.78. The summed E-state index contributed by atoms with van der Waals surface area (Å²) in [6, 6.07) is 8.47. The highest BCUT2D eigenvalue weighted by atomic mass is 32.2. The topological polar surface area (TPSA) is 103 Å². The van der Waals surface area contributed by atoms with E-state index < -0.39 is 39.5 Å². The maximum Gasteiger partial charge on any atom is 0.451 e. The molecule has 0 bridgehead atoms. The molecule has 0 saturated heterocycles. The van der Waals surface area contributed by atoms with Crippen molar-refractivity contribution in [2.75, 3.05) is 0 Å². The molecule has 0 radical (unpaired) electrons. The lowest BCUT2D eigenvalue weighted by molar-refractivity contribution is -0.144. The van der Waals surface area contributed by atoms with Gasteiger partial charge in [0, 0.05) is 29.6 Å². The predicted molar refractivity (Wildman–Crippen MR) is 125 cm³/mol. The van der Waals surface area contributed by atoms with Crippen molar-refractivity contribution in [1.82, 2.24) is 13.9 Å². The van der Waals surface area contributed by atoms with Crippen LogP contribution in [0.5, 0.6) is 0 Å². The van der Waals surface area contributed by atoms with Gasteiger partial charge in [-0.15, -0.1) is 0 Å². The smallest absolute Gasteiger partial charge is 0.382 e. The number of halogens is 6. The van der Waals surface area contributed by atoms with Crippen LogP contribution in [0.2, 0.25) is 0 Å². The zero-order valence-corrected chi connectivity index (χ0v) is 20.2. The molecule has 0 amide bonds. The van der Waals surface area contributed by atoms with Crippen molar-refractivity contribution in [3.63, 3.8) is 0 Å². The van der Waals surface area contributed by atoms with Crippen LogP contribution in [0, 0.1) is 24.4 Å². The van der Waals surface area contributed by atoms with Gasteiger partial charge in [-0.25, -0.2) is 35.5 Å². The second-order valence-electron chi connectivity index (χ2n) is 8.00. The Morgan fingerprint density at radius 1 is 0.974 bits per heavy atom. The summed E-state index contributed by atoms with van der Waals surface area (Å²) in [5.74, 6) is -4.05. The first-order chi connectivity index (χ1) is 17.8. The van der Waals surface area contributed by atoms with Gasteiger partial charge in [0.05, 0.1) is 17.1 Å². The van der Waals surface area contributed by atoms with Crippen LogP contribution in [0.1, 0.15) is 22.8 Å². The Morgan fingerprint density at radius 3 is 2.21 bits per heavy atom. The standard InChI is InChI=1S/C24H17F6N5O2S/c1-13-20(27)9-21(35(13)38(36,37)17-5-3-16(25)4-6-17)22(31)32-10-14-2-7-19(26)18(8-14)15-11-33-23(34-12-15)24(28,29)30/h2-9,11-12H,10H2,1H3,(H2,31,32). The van der Waals surface area contributed by atoms with E-state index in [0.717, 1.165) is 48.8 Å². The Kier molecular flexibility index (Phi) is 7.02. The summed E-state index contributed by atoms with van der Waals surface area (Å²) in [7, 11) is -4.38. The van der Waals surface area contributed by atoms with Crippen molar-refractivity contribution in [2.24, 2.45) is 10.7 Å². The third-order valence-electron chi connectivity index (χ3n) is 5.43. The normalized spacial score (nSPS) is 12.7. The fourth-order valence-electron chi connectivity index (χ4n) is 3.52. The van der Waals surface area contributed by atoms with E-state index in [1.165, 1.54) is 19.1 Å². The molecule has 4 rings (SSSR count). The van der Waals surface area contributed by atoms with E-state index in [-0.39, 0.29) is 39.8 Å². The van der Waals surface area contributed by atoms with Gasteiger partial charge >= 0.3 is 6.18 Å². The molecule has 2 heterocycles. The molecule has 0 unspecified atom stereocenters. The summed E-state index contributed by atoms with van der Waals surface area (Å²) in [4.78, 5) is 10.2. The molecule has 0 aliphatic rings. The number of nitrogens with two attached hydrogens (primary N) is 1. The minimum absolute atomic E-state index is 0.0220. The van der Waals surface area contributed by atoms with Gasteiger partial charge in [0.15, 0.2) is 0 Å². The maximum atomic E-state index is 14.4. The van der Waals surface area contributed by atoms with Gasteiger partial charge in [0.2, 0.25) is 5.82 Å². The molecular formula is C24H17F6N5O2S. The van der Waals surface area contributed by atoms with Gasteiger partial charge in [0.25, 0.3) is 10.0 Å². The Hall–Kier alpha value is -4.20. The Morgan fingerprint density at radius 2 is 1.61 bits per heavy atom. The van der Waals surface area contributed by atoms with Crippen LogP contribution in [-0.4, -0.2) is 28.2 Å². The van der Waals surface area contributed by atoms with Gasteiger partial charge in [0.1, 0.15) is 29.0 Å². The first kappa shape index (κ1) is 26.9. The van der Waals surface area contributed by atoms with Crippen LogP contribution in [0.3, 0.4) is 0 Å². The minimum atomic E-state index is -4.76. The van der Waals surface area contributed by atoms with Crippen molar-refractivity contribution in [3.8, 4) is 11.1 Å². The number of aromatic nitrogens is 3. The van der Waals surface area contributed by atoms with E-state index >= 15 is 0 Å². The fourth-order valence-corrected chi connectivity index (χ4v) is 5.07. The highest BCUT2D eigenvalue weighted by Gasteiger charge is 2.34. The van der Waals surface area contributed by atoms with Crippen molar-refractivity contribution < 1.29 is 34.8 Å². The quantitative estimate of drug-likeness (QED) is 0.209. The van der Waals surface area contributed by atoms with Gasteiger partial charge in [-0.3, -0.25) is 4.99 Å². The van der Waals surface area contributed by atoms with Crippen LogP contribution < -0.4 is 5.73 Å². The van der Waals surface area contributed by atoms with Crippen LogP contribution in [0.15, 0.2) is 70.8 Å². The van der Waals surface area contributed by atoms with Crippen LogP contribution in [-0.2, 0) is 22.7 Å². The molecule has 0 fully saturated rings. The molecule has 2 N–H and O–H groups in total. The predicted octanol–water partition coefficient (Wildman–Crippen LogP) is 4.83. The first-order valence-corrected chi connectivity index (χ1v) is 12.1. The highest BCUT2D eigenvalue weighted by Crippen LogP contribution is 2.29. The fraction of sp³-hybridized carbons (Fsp3) is 0.125. The van der Waals surface area contributed by atoms with Gasteiger partial charge in [-0.2, -0.15) is 13.2 Å². The summed E-state index contributed by atoms with van der Waals surface area (Å²) in [5, 5.41) is 0. The average Bonchev–Trinajstić information content (AvgIpc) is 3.18. The SMILES string of the molecule is Cc1c(F)cc(C(N)=NCc2ccc(F)c(-c3cnc(C(F)(F)F)nc3)c2)n1S(=O)(=O)c1ccc(F)cc1. The number of benzene rings is 2. The number of nitrogens with zero attached hydrogens (tertiary/aromatic N) is 4. The number of hydrogen-bond donors (Lipinski definition) is 1. The Balaban J connectivity index is 1.66. The molecule has 38 heavy (non-hydrogen) atoms. The Bertz CT molecular complexity index is 1630. The zero-order chi connectivity index (χ0) is 27.8. The van der Waals surface area contributed by atoms with E-state index in [4.69, 9.17) is 5.73 Å². The molecule has 0 saturated carbocycles. The molecule has 0 aliphatic carbocycles. The van der Waals surface area contributed by atoms with E-state index in [2.05, 4.69) is 15.0 Å². The van der Waals surface area contributed by atoms with E-state index in [1.807, 2.05) is 0 Å². The number of hydrogen-bond acceptors (Lipinski definition) is 5. The van der Waals surface area contributed by atoms with Crippen LogP contribution >= 0.6 is 0 Å². The molecule has 198 valence electrons. The largest absolute Gasteiger partial charge is 0.451 e. The van der Waals surface area contributed by atoms with Crippen LogP contribution in [0.25, 0.3) is 11.1 Å². The number of alkyl halides is 3. The lowest BCUT2D eigenvalue weighted by Gasteiger charge is -2.12. The Labute approximate surface area is 212 Å². The molecule has 0 aliphatic heterocycles. The maximum absolute atomic E-state index is 14.4. The molecule has 2 aromatic carbocycles. The van der Waals surface area contributed by atoms with Crippen molar-refractivity contribution in [3.05, 3.63) is 101 Å². The molecular weight excluding hydrogens is 536 g/mol. The number of aliphatic imine (C=N–C) groups is 1. The first-order valence-electron chi connectivity index (χ1n) is 10.7. The number of amidine groups is 1. The van der Waals surface area contributed by atoms with Gasteiger partial charge in [-0.05, 0) is 48.9 Å². The number of rotatable bonds is 6. The summed E-state index contributed by atoms with van der Waals surface area (Å²) >= 11 is 0. The van der Waals surface area contributed by atoms with Crippen molar-refractivity contribution >= 4 is 15.9 Å². The third kappa shape index (κ3) is 5.25. The molecule has 4 aromatic rings. The summed E-state index contributed by atoms with van der Waals surface area (Å²) in [6.07, 6.45) is -3.10. The van der Waals surface area contributed by atoms with Crippen LogP contribution in [0.4, 0.5) is 26.3 Å². The lowest BCUT2D eigenvalue weighted by Crippen LogP contribution is -2.24. The van der Waals surface area contributed by atoms with Gasteiger partial charge < -0.3 is 5.73 Å². The van der Waals surface area contributed by atoms with E-state index in [1.54, 1.807) is 0 Å². The van der Waals surface area contributed by atoms with E-state index in [0.29, 0.717) is 9.54 Å². The van der Waals surface area contributed by atoms with Crippen molar-refractivity contribution in [2.45, 2.75) is 24.5 Å². The average molecular weight is 553 g/mol. The van der Waals surface area contributed by atoms with E-state index in [9.17, 15) is 34.8 Å². The summed E-state index contributed by atoms with van der Waals surface area (Å²) < 4.78 is 107. The lowest BCUT2D eigenvalue weighted by atomic mass is 10.1. The monoisotopic (exact) mass is 553 g/mol. The van der Waals surface area contributed by atoms with Gasteiger partial charge in [-0.1, -0.05) is 6.07 Å². The zero-order valence-electron chi connectivity index (χ0n) is 19.3. The highest BCUT2D eigenvalue weighted by molar-refractivity contribution is 7.90. The van der Waals surface area contributed by atoms with Crippen molar-refractivity contribution in [1.29, 1.82) is 0 Å². The summed E-state index contributed by atoms with van der Waals surface area (Å²) in [5.41, 5.74) is 5.65. The second kappa shape index (κ2) is 9.93. The molecule has 14 heteroatoms.